The Morgan fingerprint density at radius 3 is 2.58 bits per heavy atom. The maximum atomic E-state index is 11.8. The second-order valence-corrected chi connectivity index (χ2v) is 5.00. The second kappa shape index (κ2) is 5.30. The average molecular weight is 263 g/mol. The van der Waals surface area contributed by atoms with E-state index in [1.54, 1.807) is 0 Å². The maximum Gasteiger partial charge on any atom is 0.414 e. The highest BCUT2D eigenvalue weighted by atomic mass is 16.6. The van der Waals surface area contributed by atoms with E-state index in [4.69, 9.17) is 9.84 Å². The van der Waals surface area contributed by atoms with Crippen LogP contribution in [0.2, 0.25) is 0 Å². The third-order valence-electron chi connectivity index (χ3n) is 3.09. The highest BCUT2D eigenvalue weighted by molar-refractivity contribution is 5.88. The summed E-state index contributed by atoms with van der Waals surface area (Å²) in [6, 6.07) is 5.82. The largest absolute Gasteiger partial charge is 0.481 e. The normalized spacial score (nSPS) is 19.2. The molecule has 1 fully saturated rings. The van der Waals surface area contributed by atoms with E-state index in [-0.39, 0.29) is 18.9 Å². The Kier molecular flexibility index (Phi) is 3.74. The third kappa shape index (κ3) is 3.24. The number of carboxylic acid groups (broad SMARTS) is 1. The topological polar surface area (TPSA) is 66.8 Å². The summed E-state index contributed by atoms with van der Waals surface area (Å²) < 4.78 is 5.06. The van der Waals surface area contributed by atoms with Gasteiger partial charge in [-0.25, -0.2) is 4.79 Å². The highest BCUT2D eigenvalue weighted by Crippen LogP contribution is 2.24. The van der Waals surface area contributed by atoms with Gasteiger partial charge in [-0.2, -0.15) is 0 Å². The van der Waals surface area contributed by atoms with E-state index in [9.17, 15) is 9.59 Å². The molecule has 0 saturated carbocycles. The quantitative estimate of drug-likeness (QED) is 0.909. The fraction of sp³-hybridized carbons (Fsp3) is 0.429. The van der Waals surface area contributed by atoms with Crippen LogP contribution in [0, 0.1) is 19.8 Å². The van der Waals surface area contributed by atoms with Gasteiger partial charge in [0.1, 0.15) is 0 Å². The number of cyclic esters (lactones) is 1. The molecule has 0 bridgehead atoms. The number of anilines is 1. The predicted octanol–water partition coefficient (Wildman–Crippen LogP) is 2.35. The number of ether oxygens (including phenoxy) is 1. The number of carbonyl (C=O) groups is 2. The number of hydrogen-bond acceptors (Lipinski definition) is 3. The molecular weight excluding hydrogens is 246 g/mol. The molecule has 1 saturated heterocycles. The van der Waals surface area contributed by atoms with Gasteiger partial charge in [-0.3, -0.25) is 9.69 Å². The van der Waals surface area contributed by atoms with Gasteiger partial charge < -0.3 is 9.84 Å². The molecule has 1 aliphatic rings. The van der Waals surface area contributed by atoms with Gasteiger partial charge >= 0.3 is 12.1 Å². The Morgan fingerprint density at radius 2 is 2.00 bits per heavy atom. The van der Waals surface area contributed by atoms with E-state index in [0.717, 1.165) is 16.8 Å². The van der Waals surface area contributed by atoms with Crippen LogP contribution in [0.5, 0.6) is 0 Å². The third-order valence-corrected chi connectivity index (χ3v) is 3.09. The molecule has 0 spiro atoms. The van der Waals surface area contributed by atoms with Crippen LogP contribution in [-0.4, -0.2) is 30.3 Å². The molecule has 5 nitrogen and oxygen atoms in total. The second-order valence-electron chi connectivity index (χ2n) is 5.00. The maximum absolute atomic E-state index is 11.8. The molecule has 102 valence electrons. The molecule has 1 heterocycles. The van der Waals surface area contributed by atoms with Gasteiger partial charge in [-0.05, 0) is 37.1 Å². The van der Waals surface area contributed by atoms with Crippen LogP contribution < -0.4 is 4.90 Å². The molecule has 0 radical (unpaired) electrons. The van der Waals surface area contributed by atoms with Gasteiger partial charge in [-0.15, -0.1) is 0 Å². The zero-order valence-corrected chi connectivity index (χ0v) is 11.0. The first kappa shape index (κ1) is 13.4. The Bertz CT molecular complexity index is 492. The summed E-state index contributed by atoms with van der Waals surface area (Å²) in [6.45, 7) is 4.47. The van der Waals surface area contributed by atoms with Crippen LogP contribution >= 0.6 is 0 Å². The van der Waals surface area contributed by atoms with Gasteiger partial charge in [0, 0.05) is 18.2 Å². The van der Waals surface area contributed by atoms with Crippen molar-refractivity contribution in [1.29, 1.82) is 0 Å². The van der Waals surface area contributed by atoms with E-state index in [1.807, 2.05) is 32.0 Å². The summed E-state index contributed by atoms with van der Waals surface area (Å²) in [6.07, 6.45) is -0.402. The number of rotatable bonds is 3. The first-order valence-electron chi connectivity index (χ1n) is 6.20. The van der Waals surface area contributed by atoms with E-state index >= 15 is 0 Å². The van der Waals surface area contributed by atoms with Crippen molar-refractivity contribution >= 4 is 17.7 Å². The molecule has 0 aliphatic carbocycles. The molecule has 2 rings (SSSR count). The molecule has 1 atom stereocenters. The molecular formula is C14H17NO4. The van der Waals surface area contributed by atoms with Crippen molar-refractivity contribution in [3.63, 3.8) is 0 Å². The van der Waals surface area contributed by atoms with E-state index in [1.165, 1.54) is 4.90 Å². The van der Waals surface area contributed by atoms with E-state index in [2.05, 4.69) is 0 Å². The monoisotopic (exact) mass is 263 g/mol. The smallest absolute Gasteiger partial charge is 0.414 e. The van der Waals surface area contributed by atoms with Crippen molar-refractivity contribution < 1.29 is 19.4 Å². The molecule has 19 heavy (non-hydrogen) atoms. The molecule has 5 heteroatoms. The van der Waals surface area contributed by atoms with E-state index < -0.39 is 12.1 Å². The zero-order valence-electron chi connectivity index (χ0n) is 11.0. The van der Waals surface area contributed by atoms with Crippen molar-refractivity contribution in [1.82, 2.24) is 0 Å². The number of aliphatic carboxylic acids is 1. The summed E-state index contributed by atoms with van der Waals surface area (Å²) in [5.41, 5.74) is 2.88. The number of carboxylic acids is 1. The van der Waals surface area contributed by atoms with Crippen molar-refractivity contribution in [3.05, 3.63) is 29.3 Å². The first-order chi connectivity index (χ1) is 8.95. The van der Waals surface area contributed by atoms with Gasteiger partial charge in [0.2, 0.25) is 0 Å². The number of aryl methyl sites for hydroxylation is 2. The predicted molar refractivity (Wildman–Crippen MR) is 70.4 cm³/mol. The average Bonchev–Trinajstić information content (AvgIpc) is 2.29. The number of benzene rings is 1. The SMILES string of the molecule is Cc1cc(C)cc(N2CC(CC(=O)O)COC2=O)c1. The fourth-order valence-corrected chi connectivity index (χ4v) is 2.34. The first-order valence-corrected chi connectivity index (χ1v) is 6.20. The molecule has 1 unspecified atom stereocenters. The highest BCUT2D eigenvalue weighted by Gasteiger charge is 2.29. The Morgan fingerprint density at radius 1 is 1.37 bits per heavy atom. The lowest BCUT2D eigenvalue weighted by Crippen LogP contribution is -2.43. The zero-order chi connectivity index (χ0) is 14.0. The van der Waals surface area contributed by atoms with Crippen LogP contribution in [0.1, 0.15) is 17.5 Å². The Balaban J connectivity index is 2.20. The lowest BCUT2D eigenvalue weighted by molar-refractivity contribution is -0.138. The van der Waals surface area contributed by atoms with Crippen molar-refractivity contribution in [3.8, 4) is 0 Å². The minimum Gasteiger partial charge on any atom is -0.481 e. The summed E-state index contributed by atoms with van der Waals surface area (Å²) in [5.74, 6) is -1.04. The van der Waals surface area contributed by atoms with Crippen molar-refractivity contribution in [2.75, 3.05) is 18.1 Å². The van der Waals surface area contributed by atoms with Crippen molar-refractivity contribution in [2.24, 2.45) is 5.92 Å². The Hall–Kier alpha value is -2.04. The minimum atomic E-state index is -0.872. The summed E-state index contributed by atoms with van der Waals surface area (Å²) in [7, 11) is 0. The molecule has 1 aromatic carbocycles. The van der Waals surface area contributed by atoms with Gasteiger partial charge in [0.05, 0.1) is 13.0 Å². The van der Waals surface area contributed by atoms with Gasteiger partial charge in [0.25, 0.3) is 0 Å². The number of amides is 1. The molecule has 1 amide bonds. The van der Waals surface area contributed by atoms with Crippen LogP contribution in [-0.2, 0) is 9.53 Å². The number of hydrogen-bond donors (Lipinski definition) is 1. The van der Waals surface area contributed by atoms with Crippen molar-refractivity contribution in [2.45, 2.75) is 20.3 Å². The lowest BCUT2D eigenvalue weighted by Gasteiger charge is -2.31. The Labute approximate surface area is 111 Å². The van der Waals surface area contributed by atoms with E-state index in [0.29, 0.717) is 6.54 Å². The molecule has 1 aliphatic heterocycles. The molecule has 1 aromatic rings. The standard InChI is InChI=1S/C14H17NO4/c1-9-3-10(2)5-12(4-9)15-7-11(6-13(16)17)8-19-14(15)18/h3-5,11H,6-8H2,1-2H3,(H,16,17). The van der Waals surface area contributed by atoms with Gasteiger partial charge in [-0.1, -0.05) is 6.07 Å². The molecule has 0 aromatic heterocycles. The minimum absolute atomic E-state index is 0.00851. The molecule has 1 N–H and O–H groups in total. The lowest BCUT2D eigenvalue weighted by atomic mass is 10.0. The summed E-state index contributed by atoms with van der Waals surface area (Å²) in [4.78, 5) is 24.1. The van der Waals surface area contributed by atoms with Crippen LogP contribution in [0.25, 0.3) is 0 Å². The summed E-state index contributed by atoms with van der Waals surface area (Å²) in [5, 5.41) is 8.82. The van der Waals surface area contributed by atoms with Crippen LogP contribution in [0.15, 0.2) is 18.2 Å². The number of nitrogens with zero attached hydrogens (tertiary/aromatic N) is 1. The van der Waals surface area contributed by atoms with Gasteiger partial charge in [0.15, 0.2) is 0 Å². The fourth-order valence-electron chi connectivity index (χ4n) is 2.34. The summed E-state index contributed by atoms with van der Waals surface area (Å²) >= 11 is 0. The van der Waals surface area contributed by atoms with Crippen LogP contribution in [0.4, 0.5) is 10.5 Å². The number of carbonyl (C=O) groups excluding carboxylic acids is 1. The van der Waals surface area contributed by atoms with Crippen LogP contribution in [0.3, 0.4) is 0 Å².